The van der Waals surface area contributed by atoms with Gasteiger partial charge in [0, 0.05) is 18.3 Å². The first kappa shape index (κ1) is 19.4. The average molecular weight is 400 g/mol. The Hall–Kier alpha value is -2.39. The Bertz CT molecular complexity index is 902. The third-order valence-electron chi connectivity index (χ3n) is 4.35. The largest absolute Gasteiger partial charge is 0.416 e. The predicted molar refractivity (Wildman–Crippen MR) is 94.3 cm³/mol. The summed E-state index contributed by atoms with van der Waals surface area (Å²) in [5.74, 6) is 0.278. The first-order chi connectivity index (χ1) is 12.5. The van der Waals surface area contributed by atoms with Crippen LogP contribution in [0.5, 0.6) is 0 Å². The van der Waals surface area contributed by atoms with Crippen molar-refractivity contribution < 1.29 is 17.7 Å². The third kappa shape index (κ3) is 4.14. The highest BCUT2D eigenvalue weighted by Crippen LogP contribution is 2.32. The number of rotatable bonds is 3. The van der Waals surface area contributed by atoms with Gasteiger partial charge in [-0.15, -0.1) is 12.4 Å². The van der Waals surface area contributed by atoms with Crippen LogP contribution in [0.15, 0.2) is 41.1 Å². The minimum atomic E-state index is -4.42. The highest BCUT2D eigenvalue weighted by atomic mass is 35.5. The van der Waals surface area contributed by atoms with E-state index >= 15 is 0 Å². The lowest BCUT2D eigenvalue weighted by Crippen LogP contribution is -2.31. The van der Waals surface area contributed by atoms with Crippen molar-refractivity contribution in [2.75, 3.05) is 13.1 Å². The van der Waals surface area contributed by atoms with Crippen LogP contribution in [0, 0.1) is 0 Å². The van der Waals surface area contributed by atoms with E-state index in [9.17, 15) is 13.2 Å². The Morgan fingerprint density at radius 3 is 2.81 bits per heavy atom. The Balaban J connectivity index is 0.00000210. The number of hydrogen-bond acceptors (Lipinski definition) is 5. The van der Waals surface area contributed by atoms with Crippen molar-refractivity contribution in [2.45, 2.75) is 25.1 Å². The van der Waals surface area contributed by atoms with Gasteiger partial charge in [-0.05, 0) is 37.6 Å². The van der Waals surface area contributed by atoms with Gasteiger partial charge in [-0.1, -0.05) is 17.3 Å². The Morgan fingerprint density at radius 2 is 2.07 bits per heavy atom. The second kappa shape index (κ2) is 7.69. The summed E-state index contributed by atoms with van der Waals surface area (Å²) in [6.07, 6.45) is -0.454. The van der Waals surface area contributed by atoms with Crippen LogP contribution in [0.2, 0.25) is 0 Å². The number of piperidine rings is 1. The van der Waals surface area contributed by atoms with Gasteiger partial charge < -0.3 is 9.84 Å². The van der Waals surface area contributed by atoms with Crippen molar-refractivity contribution in [3.8, 4) is 23.0 Å². The molecule has 27 heavy (non-hydrogen) atoms. The SMILES string of the molecule is Cl.FC(F)(F)c1cccc(-c2noc(-c3ccn(C4CCCNC4)n3)n2)c1. The number of alkyl halides is 3. The smallest absolute Gasteiger partial charge is 0.332 e. The number of aromatic nitrogens is 4. The molecule has 1 fully saturated rings. The lowest BCUT2D eigenvalue weighted by atomic mass is 10.1. The average Bonchev–Trinajstić information content (AvgIpc) is 3.31. The van der Waals surface area contributed by atoms with Crippen LogP contribution >= 0.6 is 12.4 Å². The first-order valence-electron chi connectivity index (χ1n) is 8.28. The quantitative estimate of drug-likeness (QED) is 0.721. The number of benzene rings is 1. The first-order valence-corrected chi connectivity index (χ1v) is 8.28. The molecule has 3 aromatic rings. The van der Waals surface area contributed by atoms with Crippen LogP contribution in [0.1, 0.15) is 24.4 Å². The van der Waals surface area contributed by atoms with Crippen molar-refractivity contribution in [1.82, 2.24) is 25.2 Å². The fraction of sp³-hybridized carbons (Fsp3) is 0.353. The molecule has 1 N–H and O–H groups in total. The standard InChI is InChI=1S/C17H16F3N5O.ClH/c18-17(19,20)12-4-1-3-11(9-12)15-22-16(26-24-15)14-6-8-25(23-14)13-5-2-7-21-10-13;/h1,3-4,6,8-9,13,21H,2,5,7,10H2;1H. The van der Waals surface area contributed by atoms with E-state index in [2.05, 4.69) is 20.6 Å². The molecular weight excluding hydrogens is 383 g/mol. The number of halogens is 4. The molecule has 6 nitrogen and oxygen atoms in total. The van der Waals surface area contributed by atoms with Crippen LogP contribution < -0.4 is 5.32 Å². The second-order valence-corrected chi connectivity index (χ2v) is 6.18. The van der Waals surface area contributed by atoms with Gasteiger partial charge in [-0.2, -0.15) is 23.3 Å². The molecule has 1 aromatic carbocycles. The van der Waals surface area contributed by atoms with Gasteiger partial charge in [0.1, 0.15) is 0 Å². The molecule has 3 heterocycles. The Labute approximate surface area is 159 Å². The number of nitrogens with one attached hydrogen (secondary N) is 1. The molecule has 1 saturated heterocycles. The van der Waals surface area contributed by atoms with E-state index in [0.29, 0.717) is 5.69 Å². The van der Waals surface area contributed by atoms with Crippen molar-refractivity contribution in [3.63, 3.8) is 0 Å². The van der Waals surface area contributed by atoms with Gasteiger partial charge in [0.2, 0.25) is 5.82 Å². The molecule has 1 aliphatic heterocycles. The van der Waals surface area contributed by atoms with E-state index in [4.69, 9.17) is 4.52 Å². The minimum absolute atomic E-state index is 0. The van der Waals surface area contributed by atoms with Gasteiger partial charge in [-0.25, -0.2) is 0 Å². The molecule has 0 saturated carbocycles. The van der Waals surface area contributed by atoms with Gasteiger partial charge in [-0.3, -0.25) is 4.68 Å². The van der Waals surface area contributed by atoms with Crippen molar-refractivity contribution in [2.24, 2.45) is 0 Å². The molecule has 0 aliphatic carbocycles. The molecule has 0 radical (unpaired) electrons. The summed E-state index contributed by atoms with van der Waals surface area (Å²) in [5, 5.41) is 11.6. The maximum Gasteiger partial charge on any atom is 0.416 e. The normalized spacial score (nSPS) is 17.5. The van der Waals surface area contributed by atoms with Crippen LogP contribution in [-0.2, 0) is 6.18 Å². The van der Waals surface area contributed by atoms with Gasteiger partial charge in [0.25, 0.3) is 5.89 Å². The molecular formula is C17H17ClF3N5O. The zero-order chi connectivity index (χ0) is 18.1. The van der Waals surface area contributed by atoms with Crippen molar-refractivity contribution in [3.05, 3.63) is 42.1 Å². The molecule has 2 aromatic heterocycles. The minimum Gasteiger partial charge on any atom is -0.332 e. The summed E-state index contributed by atoms with van der Waals surface area (Å²) in [5.41, 5.74) is -0.0116. The van der Waals surface area contributed by atoms with Gasteiger partial charge in [0.05, 0.1) is 11.6 Å². The fourth-order valence-electron chi connectivity index (χ4n) is 2.99. The summed E-state index contributed by atoms with van der Waals surface area (Å²) in [4.78, 5) is 4.20. The lowest BCUT2D eigenvalue weighted by Gasteiger charge is -2.22. The summed E-state index contributed by atoms with van der Waals surface area (Å²) < 4.78 is 45.6. The molecule has 10 heteroatoms. The molecule has 0 bridgehead atoms. The summed E-state index contributed by atoms with van der Waals surface area (Å²) in [7, 11) is 0. The van der Waals surface area contributed by atoms with Crippen LogP contribution in [0.25, 0.3) is 23.0 Å². The van der Waals surface area contributed by atoms with E-state index in [1.165, 1.54) is 12.1 Å². The molecule has 144 valence electrons. The number of nitrogens with zero attached hydrogens (tertiary/aromatic N) is 4. The van der Waals surface area contributed by atoms with E-state index in [1.54, 1.807) is 6.07 Å². The highest BCUT2D eigenvalue weighted by Gasteiger charge is 2.31. The zero-order valence-corrected chi connectivity index (χ0v) is 14.9. The summed E-state index contributed by atoms with van der Waals surface area (Å²) in [6.45, 7) is 1.86. The van der Waals surface area contributed by atoms with Crippen LogP contribution in [0.3, 0.4) is 0 Å². The van der Waals surface area contributed by atoms with E-state index in [0.717, 1.165) is 38.1 Å². The van der Waals surface area contributed by atoms with Gasteiger partial charge in [0.15, 0.2) is 5.69 Å². The monoisotopic (exact) mass is 399 g/mol. The van der Waals surface area contributed by atoms with Crippen LogP contribution in [0.4, 0.5) is 13.2 Å². The van der Waals surface area contributed by atoms with Gasteiger partial charge >= 0.3 is 6.18 Å². The van der Waals surface area contributed by atoms with Crippen molar-refractivity contribution >= 4 is 12.4 Å². The third-order valence-corrected chi connectivity index (χ3v) is 4.35. The molecule has 1 aliphatic rings. The molecule has 0 spiro atoms. The molecule has 1 atom stereocenters. The molecule has 1 unspecified atom stereocenters. The Kier molecular flexibility index (Phi) is 5.52. The lowest BCUT2D eigenvalue weighted by molar-refractivity contribution is -0.137. The highest BCUT2D eigenvalue weighted by molar-refractivity contribution is 5.85. The van der Waals surface area contributed by atoms with Crippen LogP contribution in [-0.4, -0.2) is 33.0 Å². The van der Waals surface area contributed by atoms with E-state index in [1.807, 2.05) is 10.9 Å². The second-order valence-electron chi connectivity index (χ2n) is 6.18. The summed E-state index contributed by atoms with van der Waals surface area (Å²) in [6, 6.07) is 6.86. The van der Waals surface area contributed by atoms with E-state index in [-0.39, 0.29) is 35.7 Å². The van der Waals surface area contributed by atoms with E-state index < -0.39 is 11.7 Å². The topological polar surface area (TPSA) is 68.8 Å². The van der Waals surface area contributed by atoms with Crippen molar-refractivity contribution in [1.29, 1.82) is 0 Å². The number of hydrogen-bond donors (Lipinski definition) is 1. The maximum absolute atomic E-state index is 12.9. The maximum atomic E-state index is 12.9. The zero-order valence-electron chi connectivity index (χ0n) is 14.1. The fourth-order valence-corrected chi connectivity index (χ4v) is 2.99. The molecule has 4 rings (SSSR count). The predicted octanol–water partition coefficient (Wildman–Crippen LogP) is 3.97. The Morgan fingerprint density at radius 1 is 1.22 bits per heavy atom. The molecule has 0 amide bonds. The summed E-state index contributed by atoms with van der Waals surface area (Å²) >= 11 is 0.